The van der Waals surface area contributed by atoms with Crippen LogP contribution >= 0.6 is 0 Å². The predicted octanol–water partition coefficient (Wildman–Crippen LogP) is 3.16. The smallest absolute Gasteiger partial charge is 0.222 e. The number of nitrogens with two attached hydrogens (primary N) is 1. The molecule has 4 nitrogen and oxygen atoms in total. The van der Waals surface area contributed by atoms with E-state index in [9.17, 15) is 0 Å². The number of rotatable bonds is 4. The first-order chi connectivity index (χ1) is 8.69. The molecule has 18 heavy (non-hydrogen) atoms. The van der Waals surface area contributed by atoms with E-state index in [4.69, 9.17) is 15.2 Å². The molecule has 0 spiro atoms. The van der Waals surface area contributed by atoms with Gasteiger partial charge in [0.05, 0.1) is 18.5 Å². The zero-order valence-corrected chi connectivity index (χ0v) is 10.5. The number of pyridine rings is 1. The van der Waals surface area contributed by atoms with Crippen LogP contribution in [0.2, 0.25) is 0 Å². The number of nitrogens with zero attached hydrogens (tertiary/aromatic N) is 1. The number of nitrogen functional groups attached to an aromatic ring is 1. The zero-order chi connectivity index (χ0) is 13.0. The average molecular weight is 244 g/mol. The molecule has 0 atom stereocenters. The SMILES string of the molecule is CCOc1cccc(Oc2ncc(N)cc2C)c1. The molecule has 1 heterocycles. The third kappa shape index (κ3) is 2.91. The fraction of sp³-hybridized carbons (Fsp3) is 0.214. The van der Waals surface area contributed by atoms with Crippen LogP contribution in [-0.2, 0) is 0 Å². The van der Waals surface area contributed by atoms with Crippen molar-refractivity contribution in [1.82, 2.24) is 4.98 Å². The van der Waals surface area contributed by atoms with Crippen molar-refractivity contribution >= 4 is 5.69 Å². The number of ether oxygens (including phenoxy) is 2. The first-order valence-corrected chi connectivity index (χ1v) is 5.82. The van der Waals surface area contributed by atoms with Crippen molar-refractivity contribution in [2.75, 3.05) is 12.3 Å². The van der Waals surface area contributed by atoms with E-state index < -0.39 is 0 Å². The van der Waals surface area contributed by atoms with Gasteiger partial charge in [0.25, 0.3) is 0 Å². The van der Waals surface area contributed by atoms with Crippen molar-refractivity contribution in [3.8, 4) is 17.4 Å². The van der Waals surface area contributed by atoms with Gasteiger partial charge in [-0.3, -0.25) is 0 Å². The van der Waals surface area contributed by atoms with Gasteiger partial charge in [-0.2, -0.15) is 0 Å². The third-order valence-electron chi connectivity index (χ3n) is 2.38. The van der Waals surface area contributed by atoms with E-state index in [0.717, 1.165) is 11.3 Å². The average Bonchev–Trinajstić information content (AvgIpc) is 2.34. The highest BCUT2D eigenvalue weighted by atomic mass is 16.5. The molecule has 4 heteroatoms. The Balaban J connectivity index is 2.20. The Bertz CT molecular complexity index is 541. The maximum atomic E-state index is 5.70. The van der Waals surface area contributed by atoms with Crippen LogP contribution in [0.5, 0.6) is 17.4 Å². The fourth-order valence-electron chi connectivity index (χ4n) is 1.60. The molecule has 1 aromatic heterocycles. The van der Waals surface area contributed by atoms with Gasteiger partial charge in [-0.1, -0.05) is 6.07 Å². The summed E-state index contributed by atoms with van der Waals surface area (Å²) in [4.78, 5) is 4.16. The number of anilines is 1. The normalized spacial score (nSPS) is 10.1. The summed E-state index contributed by atoms with van der Waals surface area (Å²) < 4.78 is 11.1. The molecule has 2 rings (SSSR count). The van der Waals surface area contributed by atoms with E-state index in [-0.39, 0.29) is 0 Å². The van der Waals surface area contributed by atoms with Crippen molar-refractivity contribution in [1.29, 1.82) is 0 Å². The molecular weight excluding hydrogens is 228 g/mol. The minimum atomic E-state index is 0.554. The quantitative estimate of drug-likeness (QED) is 0.897. The van der Waals surface area contributed by atoms with Crippen molar-refractivity contribution in [3.05, 3.63) is 42.1 Å². The topological polar surface area (TPSA) is 57.4 Å². The van der Waals surface area contributed by atoms with Crippen LogP contribution in [0, 0.1) is 6.92 Å². The van der Waals surface area contributed by atoms with E-state index in [1.54, 1.807) is 6.20 Å². The van der Waals surface area contributed by atoms with Gasteiger partial charge in [-0.25, -0.2) is 4.98 Å². The molecule has 0 radical (unpaired) electrons. The van der Waals surface area contributed by atoms with Gasteiger partial charge in [0, 0.05) is 11.6 Å². The predicted molar refractivity (Wildman–Crippen MR) is 71.1 cm³/mol. The van der Waals surface area contributed by atoms with Crippen LogP contribution in [0.25, 0.3) is 0 Å². The van der Waals surface area contributed by atoms with Crippen molar-refractivity contribution in [2.24, 2.45) is 0 Å². The van der Waals surface area contributed by atoms with Crippen LogP contribution in [0.15, 0.2) is 36.5 Å². The zero-order valence-electron chi connectivity index (χ0n) is 10.5. The number of aromatic nitrogens is 1. The fourth-order valence-corrected chi connectivity index (χ4v) is 1.60. The van der Waals surface area contributed by atoms with E-state index in [1.165, 1.54) is 0 Å². The molecule has 0 aliphatic carbocycles. The van der Waals surface area contributed by atoms with Gasteiger partial charge < -0.3 is 15.2 Å². The summed E-state index contributed by atoms with van der Waals surface area (Å²) in [5.41, 5.74) is 7.17. The van der Waals surface area contributed by atoms with Crippen LogP contribution in [0.1, 0.15) is 12.5 Å². The Morgan fingerprint density at radius 1 is 1.22 bits per heavy atom. The molecule has 0 aliphatic heterocycles. The number of aryl methyl sites for hydroxylation is 1. The van der Waals surface area contributed by atoms with E-state index in [0.29, 0.717) is 23.9 Å². The van der Waals surface area contributed by atoms with Crippen LogP contribution in [0.3, 0.4) is 0 Å². The van der Waals surface area contributed by atoms with Crippen LogP contribution < -0.4 is 15.2 Å². The molecule has 0 unspecified atom stereocenters. The standard InChI is InChI=1S/C14H16N2O2/c1-3-17-12-5-4-6-13(8-12)18-14-10(2)7-11(15)9-16-14/h4-9H,3,15H2,1-2H3. The first kappa shape index (κ1) is 12.2. The highest BCUT2D eigenvalue weighted by Gasteiger charge is 2.04. The Morgan fingerprint density at radius 2 is 2.00 bits per heavy atom. The molecule has 2 N–H and O–H groups in total. The minimum Gasteiger partial charge on any atom is -0.494 e. The van der Waals surface area contributed by atoms with Gasteiger partial charge >= 0.3 is 0 Å². The highest BCUT2D eigenvalue weighted by Crippen LogP contribution is 2.26. The monoisotopic (exact) mass is 244 g/mol. The Hall–Kier alpha value is -2.23. The summed E-state index contributed by atoms with van der Waals surface area (Å²) in [6, 6.07) is 9.29. The molecule has 94 valence electrons. The van der Waals surface area contributed by atoms with Gasteiger partial charge in [0.1, 0.15) is 11.5 Å². The second-order valence-electron chi connectivity index (χ2n) is 3.90. The largest absolute Gasteiger partial charge is 0.494 e. The molecule has 0 aliphatic rings. The summed E-state index contributed by atoms with van der Waals surface area (Å²) in [5, 5.41) is 0. The van der Waals surface area contributed by atoms with Crippen molar-refractivity contribution < 1.29 is 9.47 Å². The lowest BCUT2D eigenvalue weighted by molar-refractivity contribution is 0.338. The second-order valence-corrected chi connectivity index (χ2v) is 3.90. The summed E-state index contributed by atoms with van der Waals surface area (Å²) >= 11 is 0. The van der Waals surface area contributed by atoms with Gasteiger partial charge in [-0.05, 0) is 32.0 Å². The molecule has 0 saturated heterocycles. The van der Waals surface area contributed by atoms with Gasteiger partial charge in [-0.15, -0.1) is 0 Å². The van der Waals surface area contributed by atoms with Crippen LogP contribution in [-0.4, -0.2) is 11.6 Å². The molecule has 1 aromatic carbocycles. The molecule has 2 aromatic rings. The van der Waals surface area contributed by atoms with E-state index >= 15 is 0 Å². The molecular formula is C14H16N2O2. The minimum absolute atomic E-state index is 0.554. The second kappa shape index (κ2) is 5.40. The lowest BCUT2D eigenvalue weighted by Gasteiger charge is -2.09. The maximum absolute atomic E-state index is 5.70. The Morgan fingerprint density at radius 3 is 2.72 bits per heavy atom. The Kier molecular flexibility index (Phi) is 3.67. The summed E-state index contributed by atoms with van der Waals surface area (Å²) in [5.74, 6) is 2.03. The summed E-state index contributed by atoms with van der Waals surface area (Å²) in [6.45, 7) is 4.48. The van der Waals surface area contributed by atoms with Crippen molar-refractivity contribution in [2.45, 2.75) is 13.8 Å². The Labute approximate surface area is 106 Å². The lowest BCUT2D eigenvalue weighted by atomic mass is 10.3. The first-order valence-electron chi connectivity index (χ1n) is 5.82. The van der Waals surface area contributed by atoms with Crippen LogP contribution in [0.4, 0.5) is 5.69 Å². The lowest BCUT2D eigenvalue weighted by Crippen LogP contribution is -1.95. The van der Waals surface area contributed by atoms with E-state index in [1.807, 2.05) is 44.2 Å². The third-order valence-corrected chi connectivity index (χ3v) is 2.38. The number of benzene rings is 1. The number of hydrogen-bond donors (Lipinski definition) is 1. The maximum Gasteiger partial charge on any atom is 0.222 e. The van der Waals surface area contributed by atoms with Gasteiger partial charge in [0.15, 0.2) is 0 Å². The summed E-state index contributed by atoms with van der Waals surface area (Å²) in [6.07, 6.45) is 1.58. The van der Waals surface area contributed by atoms with Gasteiger partial charge in [0.2, 0.25) is 5.88 Å². The van der Waals surface area contributed by atoms with E-state index in [2.05, 4.69) is 4.98 Å². The van der Waals surface area contributed by atoms with Crippen molar-refractivity contribution in [3.63, 3.8) is 0 Å². The molecule has 0 fully saturated rings. The highest BCUT2D eigenvalue weighted by molar-refractivity contribution is 5.43. The molecule has 0 amide bonds. The number of hydrogen-bond acceptors (Lipinski definition) is 4. The molecule has 0 saturated carbocycles. The molecule has 0 bridgehead atoms. The summed E-state index contributed by atoms with van der Waals surface area (Å²) in [7, 11) is 0.